The van der Waals surface area contributed by atoms with Crippen LogP contribution in [0.1, 0.15) is 16.1 Å². The van der Waals surface area contributed by atoms with Gasteiger partial charge in [-0.3, -0.25) is 4.79 Å². The molecule has 0 saturated heterocycles. The van der Waals surface area contributed by atoms with Crippen molar-refractivity contribution in [3.63, 3.8) is 0 Å². The van der Waals surface area contributed by atoms with Gasteiger partial charge in [0.05, 0.1) is 20.3 Å². The number of hydrogen-bond donors (Lipinski definition) is 1. The molecule has 0 aliphatic rings. The number of amides is 1. The second-order valence-corrected chi connectivity index (χ2v) is 4.09. The number of methoxy groups -OCH3 is 2. The first kappa shape index (κ1) is 13.9. The molecule has 0 fully saturated rings. The number of nitrogens with zero attached hydrogens (tertiary/aromatic N) is 1. The summed E-state index contributed by atoms with van der Waals surface area (Å²) in [5.41, 5.74) is 1.11. The van der Waals surface area contributed by atoms with Crippen molar-refractivity contribution in [2.24, 2.45) is 0 Å². The predicted octanol–water partition coefficient (Wildman–Crippen LogP) is 1.66. The fourth-order valence-corrected chi connectivity index (χ4v) is 1.66. The van der Waals surface area contributed by atoms with Gasteiger partial charge in [0.25, 0.3) is 11.8 Å². The number of benzene rings is 1. The summed E-state index contributed by atoms with van der Waals surface area (Å²) in [5.74, 6) is 0.919. The summed E-state index contributed by atoms with van der Waals surface area (Å²) in [4.78, 5) is 11.7. The van der Waals surface area contributed by atoms with E-state index in [1.807, 2.05) is 24.3 Å². The molecule has 20 heavy (non-hydrogen) atoms. The van der Waals surface area contributed by atoms with Gasteiger partial charge in [0.1, 0.15) is 5.75 Å². The minimum absolute atomic E-state index is 0.136. The summed E-state index contributed by atoms with van der Waals surface area (Å²) in [6, 6.07) is 9.14. The number of ether oxygens (including phenoxy) is 2. The molecule has 1 aromatic carbocycles. The molecule has 0 saturated carbocycles. The van der Waals surface area contributed by atoms with Crippen molar-refractivity contribution >= 4 is 5.91 Å². The van der Waals surface area contributed by atoms with Gasteiger partial charge in [-0.05, 0) is 29.3 Å². The van der Waals surface area contributed by atoms with Gasteiger partial charge in [-0.15, -0.1) is 0 Å². The SMILES string of the molecule is COc1ccc(CCNC(=O)c2cc(OC)no2)cc1. The zero-order chi connectivity index (χ0) is 14.4. The fourth-order valence-electron chi connectivity index (χ4n) is 1.66. The Balaban J connectivity index is 1.81. The average molecular weight is 276 g/mol. The second-order valence-electron chi connectivity index (χ2n) is 4.09. The molecule has 0 aliphatic heterocycles. The Morgan fingerprint density at radius 3 is 2.60 bits per heavy atom. The molecule has 1 amide bonds. The van der Waals surface area contributed by atoms with E-state index in [4.69, 9.17) is 14.0 Å². The summed E-state index contributed by atoms with van der Waals surface area (Å²) in [7, 11) is 3.09. The summed E-state index contributed by atoms with van der Waals surface area (Å²) in [6.07, 6.45) is 0.723. The molecule has 0 spiro atoms. The Bertz CT molecular complexity index is 563. The lowest BCUT2D eigenvalue weighted by atomic mass is 10.1. The summed E-state index contributed by atoms with van der Waals surface area (Å²) < 4.78 is 14.8. The average Bonchev–Trinajstić information content (AvgIpc) is 2.97. The van der Waals surface area contributed by atoms with Crippen molar-refractivity contribution in [3.8, 4) is 11.6 Å². The Hall–Kier alpha value is -2.50. The van der Waals surface area contributed by atoms with Gasteiger partial charge in [-0.2, -0.15) is 0 Å². The van der Waals surface area contributed by atoms with Crippen molar-refractivity contribution in [2.75, 3.05) is 20.8 Å². The summed E-state index contributed by atoms with van der Waals surface area (Å²) in [6.45, 7) is 0.508. The van der Waals surface area contributed by atoms with Crippen molar-refractivity contribution in [1.82, 2.24) is 10.5 Å². The standard InChI is InChI=1S/C14H16N2O4/c1-18-11-5-3-10(4-6-11)7-8-15-14(17)12-9-13(19-2)16-20-12/h3-6,9H,7-8H2,1-2H3,(H,15,17). The molecule has 2 aromatic rings. The molecule has 0 unspecified atom stereocenters. The van der Waals surface area contributed by atoms with Crippen LogP contribution < -0.4 is 14.8 Å². The highest BCUT2D eigenvalue weighted by atomic mass is 16.5. The number of carbonyl (C=O) groups excluding carboxylic acids is 1. The number of hydrogen-bond acceptors (Lipinski definition) is 5. The van der Waals surface area contributed by atoms with Crippen LogP contribution in [0.5, 0.6) is 11.6 Å². The van der Waals surface area contributed by atoms with Crippen molar-refractivity contribution in [1.29, 1.82) is 0 Å². The number of rotatable bonds is 6. The maximum Gasteiger partial charge on any atom is 0.290 e. The molecule has 1 N–H and O–H groups in total. The van der Waals surface area contributed by atoms with E-state index in [0.29, 0.717) is 6.54 Å². The Morgan fingerprint density at radius 1 is 1.25 bits per heavy atom. The Morgan fingerprint density at radius 2 is 2.00 bits per heavy atom. The third-order valence-corrected chi connectivity index (χ3v) is 2.78. The topological polar surface area (TPSA) is 73.6 Å². The van der Waals surface area contributed by atoms with Crippen LogP contribution in [-0.4, -0.2) is 31.8 Å². The number of aromatic nitrogens is 1. The van der Waals surface area contributed by atoms with Crippen LogP contribution in [-0.2, 0) is 6.42 Å². The summed E-state index contributed by atoms with van der Waals surface area (Å²) >= 11 is 0. The van der Waals surface area contributed by atoms with E-state index in [-0.39, 0.29) is 17.5 Å². The minimum Gasteiger partial charge on any atom is -0.497 e. The second kappa shape index (κ2) is 6.60. The van der Waals surface area contributed by atoms with Crippen molar-refractivity contribution in [2.45, 2.75) is 6.42 Å². The smallest absolute Gasteiger partial charge is 0.290 e. The molecule has 0 bridgehead atoms. The van der Waals surface area contributed by atoms with Gasteiger partial charge in [0, 0.05) is 6.54 Å². The first-order valence-corrected chi connectivity index (χ1v) is 6.14. The van der Waals surface area contributed by atoms with E-state index < -0.39 is 0 Å². The van der Waals surface area contributed by atoms with Gasteiger partial charge in [-0.25, -0.2) is 0 Å². The van der Waals surface area contributed by atoms with Crippen LogP contribution in [0.25, 0.3) is 0 Å². The molecular weight excluding hydrogens is 260 g/mol. The van der Waals surface area contributed by atoms with Crippen LogP contribution in [0, 0.1) is 0 Å². The van der Waals surface area contributed by atoms with E-state index >= 15 is 0 Å². The van der Waals surface area contributed by atoms with Gasteiger partial charge in [0.15, 0.2) is 0 Å². The van der Waals surface area contributed by atoms with Gasteiger partial charge in [0.2, 0.25) is 5.76 Å². The largest absolute Gasteiger partial charge is 0.497 e. The van der Waals surface area contributed by atoms with E-state index in [1.54, 1.807) is 7.11 Å². The van der Waals surface area contributed by atoms with Crippen LogP contribution in [0.2, 0.25) is 0 Å². The lowest BCUT2D eigenvalue weighted by molar-refractivity contribution is 0.0917. The third kappa shape index (κ3) is 3.50. The lowest BCUT2D eigenvalue weighted by Gasteiger charge is -2.04. The highest BCUT2D eigenvalue weighted by Crippen LogP contribution is 2.12. The van der Waals surface area contributed by atoms with E-state index in [2.05, 4.69) is 10.5 Å². The van der Waals surface area contributed by atoms with Gasteiger partial charge in [-0.1, -0.05) is 12.1 Å². The molecule has 1 heterocycles. The maximum atomic E-state index is 11.7. The number of nitrogens with one attached hydrogen (secondary N) is 1. The molecule has 6 nitrogen and oxygen atoms in total. The lowest BCUT2D eigenvalue weighted by Crippen LogP contribution is -2.25. The van der Waals surface area contributed by atoms with Gasteiger partial charge < -0.3 is 19.3 Å². The predicted molar refractivity (Wildman–Crippen MR) is 72.1 cm³/mol. The van der Waals surface area contributed by atoms with Crippen LogP contribution in [0.4, 0.5) is 0 Å². The minimum atomic E-state index is -0.311. The van der Waals surface area contributed by atoms with E-state index in [9.17, 15) is 4.79 Å². The highest BCUT2D eigenvalue weighted by molar-refractivity contribution is 5.91. The normalized spacial score (nSPS) is 10.1. The highest BCUT2D eigenvalue weighted by Gasteiger charge is 2.12. The molecule has 2 rings (SSSR count). The molecule has 0 radical (unpaired) electrons. The number of carbonyl (C=O) groups is 1. The molecule has 1 aromatic heterocycles. The monoisotopic (exact) mass is 276 g/mol. The van der Waals surface area contributed by atoms with Crippen LogP contribution >= 0.6 is 0 Å². The molecule has 0 atom stereocenters. The first-order chi connectivity index (χ1) is 9.72. The Kier molecular flexibility index (Phi) is 4.60. The van der Waals surface area contributed by atoms with Crippen LogP contribution in [0.15, 0.2) is 34.9 Å². The molecule has 106 valence electrons. The maximum absolute atomic E-state index is 11.7. The fraction of sp³-hybridized carbons (Fsp3) is 0.286. The van der Waals surface area contributed by atoms with E-state index in [1.165, 1.54) is 13.2 Å². The molecule has 0 aliphatic carbocycles. The third-order valence-electron chi connectivity index (χ3n) is 2.78. The zero-order valence-electron chi connectivity index (χ0n) is 11.4. The first-order valence-electron chi connectivity index (χ1n) is 6.14. The van der Waals surface area contributed by atoms with Gasteiger partial charge >= 0.3 is 0 Å². The van der Waals surface area contributed by atoms with Crippen molar-refractivity contribution < 1.29 is 18.8 Å². The van der Waals surface area contributed by atoms with Crippen LogP contribution in [0.3, 0.4) is 0 Å². The Labute approximate surface area is 116 Å². The summed E-state index contributed by atoms with van der Waals surface area (Å²) in [5, 5.41) is 6.32. The van der Waals surface area contributed by atoms with E-state index in [0.717, 1.165) is 17.7 Å². The zero-order valence-corrected chi connectivity index (χ0v) is 11.4. The van der Waals surface area contributed by atoms with Crippen molar-refractivity contribution in [3.05, 3.63) is 41.7 Å². The molecular formula is C14H16N2O4. The quantitative estimate of drug-likeness (QED) is 0.868. The molecule has 6 heteroatoms.